The van der Waals surface area contributed by atoms with Crippen LogP contribution in [0.4, 0.5) is 5.82 Å². The minimum atomic E-state index is -3.69. The summed E-state index contributed by atoms with van der Waals surface area (Å²) in [5.74, 6) is 0.0810. The van der Waals surface area contributed by atoms with Crippen LogP contribution in [0.5, 0.6) is 0 Å². The van der Waals surface area contributed by atoms with Crippen molar-refractivity contribution in [3.05, 3.63) is 71.5 Å². The first-order chi connectivity index (χ1) is 12.9. The van der Waals surface area contributed by atoms with Crippen LogP contribution in [0, 0.1) is 6.92 Å². The zero-order valence-electron chi connectivity index (χ0n) is 14.8. The molecule has 140 valence electrons. The predicted octanol–water partition coefficient (Wildman–Crippen LogP) is 2.30. The molecule has 2 aromatic heterocycles. The number of sulfonamides is 1. The molecule has 0 aliphatic heterocycles. The van der Waals surface area contributed by atoms with Gasteiger partial charge in [-0.1, -0.05) is 12.1 Å². The van der Waals surface area contributed by atoms with Crippen molar-refractivity contribution >= 4 is 21.8 Å². The van der Waals surface area contributed by atoms with Gasteiger partial charge in [0, 0.05) is 12.3 Å². The molecule has 0 amide bonds. The summed E-state index contributed by atoms with van der Waals surface area (Å²) in [4.78, 5) is 15.7. The molecular weight excluding hydrogens is 368 g/mol. The van der Waals surface area contributed by atoms with Crippen molar-refractivity contribution in [2.45, 2.75) is 12.7 Å². The molecule has 1 aromatic carbocycles. The van der Waals surface area contributed by atoms with Crippen molar-refractivity contribution in [3.63, 3.8) is 0 Å². The first-order valence-corrected chi connectivity index (χ1v) is 9.68. The minimum Gasteiger partial charge on any atom is -0.465 e. The van der Waals surface area contributed by atoms with Crippen LogP contribution in [0.2, 0.25) is 0 Å². The summed E-state index contributed by atoms with van der Waals surface area (Å²) < 4.78 is 33.6. The fourth-order valence-corrected chi connectivity index (χ4v) is 3.65. The number of aromatic nitrogens is 3. The van der Waals surface area contributed by atoms with Crippen LogP contribution >= 0.6 is 0 Å². The highest BCUT2D eigenvalue weighted by Crippen LogP contribution is 2.17. The normalized spacial score (nSPS) is 11.2. The van der Waals surface area contributed by atoms with Crippen molar-refractivity contribution in [2.75, 3.05) is 11.8 Å². The van der Waals surface area contributed by atoms with E-state index in [1.807, 2.05) is 13.0 Å². The number of rotatable bonds is 6. The number of benzene rings is 1. The molecule has 27 heavy (non-hydrogen) atoms. The Morgan fingerprint density at radius 1 is 1.15 bits per heavy atom. The highest BCUT2D eigenvalue weighted by molar-refractivity contribution is 7.91. The van der Waals surface area contributed by atoms with Gasteiger partial charge in [-0.15, -0.1) is 0 Å². The highest BCUT2D eigenvalue weighted by Gasteiger charge is 2.16. The Bertz CT molecular complexity index is 1060. The Kier molecular flexibility index (Phi) is 5.22. The SMILES string of the molecule is COC(=O)c1ccc(CS(=O)(=O)Nc2ccnn2-c2cc(C)ccn2)cc1. The molecule has 0 aliphatic rings. The molecule has 8 nitrogen and oxygen atoms in total. The Balaban J connectivity index is 1.78. The fraction of sp³-hybridized carbons (Fsp3) is 0.167. The number of aryl methyl sites for hydroxylation is 1. The summed E-state index contributed by atoms with van der Waals surface area (Å²) in [6.07, 6.45) is 3.13. The maximum atomic E-state index is 12.5. The highest BCUT2D eigenvalue weighted by atomic mass is 32.2. The Labute approximate surface area is 156 Å². The lowest BCUT2D eigenvalue weighted by Gasteiger charge is -2.11. The van der Waals surface area contributed by atoms with Crippen molar-refractivity contribution < 1.29 is 17.9 Å². The molecule has 9 heteroatoms. The van der Waals surface area contributed by atoms with E-state index in [1.165, 1.54) is 30.1 Å². The zero-order chi connectivity index (χ0) is 19.4. The van der Waals surface area contributed by atoms with Gasteiger partial charge in [-0.25, -0.2) is 18.2 Å². The van der Waals surface area contributed by atoms with Crippen LogP contribution in [0.1, 0.15) is 21.5 Å². The first kappa shape index (κ1) is 18.6. The number of carbonyl (C=O) groups excluding carboxylic acids is 1. The van der Waals surface area contributed by atoms with Crippen molar-refractivity contribution in [3.8, 4) is 5.82 Å². The minimum absolute atomic E-state index is 0.249. The lowest BCUT2D eigenvalue weighted by molar-refractivity contribution is 0.0600. The molecule has 0 radical (unpaired) electrons. The molecule has 3 aromatic rings. The zero-order valence-corrected chi connectivity index (χ0v) is 15.6. The number of esters is 1. The van der Waals surface area contributed by atoms with E-state index >= 15 is 0 Å². The maximum absolute atomic E-state index is 12.5. The van der Waals surface area contributed by atoms with Crippen LogP contribution in [0.15, 0.2) is 54.9 Å². The lowest BCUT2D eigenvalue weighted by Crippen LogP contribution is -2.18. The average molecular weight is 386 g/mol. The van der Waals surface area contributed by atoms with E-state index in [-0.39, 0.29) is 5.75 Å². The molecular formula is C18H18N4O4S. The van der Waals surface area contributed by atoms with Gasteiger partial charge in [-0.05, 0) is 42.3 Å². The van der Waals surface area contributed by atoms with Crippen molar-refractivity contribution in [2.24, 2.45) is 0 Å². The monoisotopic (exact) mass is 386 g/mol. The summed E-state index contributed by atoms with van der Waals surface area (Å²) in [6.45, 7) is 1.91. The Hall–Kier alpha value is -3.20. The molecule has 0 saturated carbocycles. The topological polar surface area (TPSA) is 103 Å². The van der Waals surface area contributed by atoms with E-state index in [4.69, 9.17) is 0 Å². The standard InChI is InChI=1S/C18H18N4O4S/c1-13-7-9-19-17(11-13)22-16(8-10-20-22)21-27(24,25)12-14-3-5-15(6-4-14)18(23)26-2/h3-11,21H,12H2,1-2H3. The summed E-state index contributed by atoms with van der Waals surface area (Å²) >= 11 is 0. The second-order valence-corrected chi connectivity index (χ2v) is 7.59. The fourth-order valence-electron chi connectivity index (χ4n) is 2.47. The Morgan fingerprint density at radius 3 is 2.56 bits per heavy atom. The van der Waals surface area contributed by atoms with Gasteiger partial charge in [-0.2, -0.15) is 9.78 Å². The molecule has 0 atom stereocenters. The van der Waals surface area contributed by atoms with Crippen LogP contribution < -0.4 is 4.72 Å². The number of nitrogens with zero attached hydrogens (tertiary/aromatic N) is 3. The predicted molar refractivity (Wildman–Crippen MR) is 100 cm³/mol. The molecule has 0 saturated heterocycles. The summed E-state index contributed by atoms with van der Waals surface area (Å²) in [6, 6.07) is 11.4. The average Bonchev–Trinajstić information content (AvgIpc) is 3.08. The van der Waals surface area contributed by atoms with E-state index in [1.54, 1.807) is 30.5 Å². The number of carbonyl (C=O) groups is 1. The van der Waals surface area contributed by atoms with Crippen LogP contribution in [-0.4, -0.2) is 36.3 Å². The summed E-state index contributed by atoms with van der Waals surface area (Å²) in [5.41, 5.74) is 1.88. The molecule has 0 aliphatic carbocycles. The lowest BCUT2D eigenvalue weighted by atomic mass is 10.1. The van der Waals surface area contributed by atoms with Gasteiger partial charge >= 0.3 is 5.97 Å². The van der Waals surface area contributed by atoms with Crippen molar-refractivity contribution in [1.29, 1.82) is 0 Å². The molecule has 2 heterocycles. The number of hydrogen-bond donors (Lipinski definition) is 1. The Morgan fingerprint density at radius 2 is 1.89 bits per heavy atom. The molecule has 0 fully saturated rings. The third-order valence-corrected chi connectivity index (χ3v) is 4.99. The second kappa shape index (κ2) is 7.58. The molecule has 3 rings (SSSR count). The van der Waals surface area contributed by atoms with Crippen LogP contribution in [0.25, 0.3) is 5.82 Å². The number of methoxy groups -OCH3 is 1. The largest absolute Gasteiger partial charge is 0.465 e. The number of ether oxygens (including phenoxy) is 1. The van der Waals surface area contributed by atoms with E-state index in [0.717, 1.165) is 5.56 Å². The number of anilines is 1. The van der Waals surface area contributed by atoms with Crippen LogP contribution in [-0.2, 0) is 20.5 Å². The smallest absolute Gasteiger partial charge is 0.337 e. The number of hydrogen-bond acceptors (Lipinski definition) is 6. The third kappa shape index (κ3) is 4.50. The maximum Gasteiger partial charge on any atom is 0.337 e. The van der Waals surface area contributed by atoms with Gasteiger partial charge in [0.1, 0.15) is 5.82 Å². The second-order valence-electron chi connectivity index (χ2n) is 5.87. The third-order valence-electron chi connectivity index (χ3n) is 3.75. The van der Waals surface area contributed by atoms with E-state index in [9.17, 15) is 13.2 Å². The van der Waals surface area contributed by atoms with Gasteiger partial charge in [0.2, 0.25) is 10.0 Å². The number of pyridine rings is 1. The molecule has 0 spiro atoms. The van der Waals surface area contributed by atoms with E-state index < -0.39 is 16.0 Å². The van der Waals surface area contributed by atoms with Gasteiger partial charge in [-0.3, -0.25) is 4.72 Å². The first-order valence-electron chi connectivity index (χ1n) is 8.03. The molecule has 0 bridgehead atoms. The summed E-state index contributed by atoms with van der Waals surface area (Å²) in [7, 11) is -2.40. The molecule has 0 unspecified atom stereocenters. The van der Waals surface area contributed by atoms with Crippen LogP contribution in [0.3, 0.4) is 0 Å². The number of nitrogens with one attached hydrogen (secondary N) is 1. The quantitative estimate of drug-likeness (QED) is 0.652. The van der Waals surface area contributed by atoms with Gasteiger partial charge in [0.25, 0.3) is 0 Å². The van der Waals surface area contributed by atoms with Gasteiger partial charge < -0.3 is 4.74 Å². The molecule has 1 N–H and O–H groups in total. The van der Waals surface area contributed by atoms with Gasteiger partial charge in [0.05, 0.1) is 24.6 Å². The van der Waals surface area contributed by atoms with E-state index in [0.29, 0.717) is 22.8 Å². The summed E-state index contributed by atoms with van der Waals surface area (Å²) in [5, 5.41) is 4.13. The van der Waals surface area contributed by atoms with Gasteiger partial charge in [0.15, 0.2) is 5.82 Å². The van der Waals surface area contributed by atoms with Crippen molar-refractivity contribution in [1.82, 2.24) is 14.8 Å². The van der Waals surface area contributed by atoms with E-state index in [2.05, 4.69) is 19.5 Å².